The smallest absolute Gasteiger partial charge is 0.264 e. The van der Waals surface area contributed by atoms with E-state index in [4.69, 9.17) is 0 Å². The van der Waals surface area contributed by atoms with Gasteiger partial charge in [0, 0.05) is 18.7 Å². The normalized spacial score (nSPS) is 11.8. The number of halogens is 3. The maximum absolute atomic E-state index is 14.1. The molecule has 160 valence electrons. The summed E-state index contributed by atoms with van der Waals surface area (Å²) in [6.45, 7) is 0.0187. The van der Waals surface area contributed by atoms with Crippen molar-refractivity contribution in [1.82, 2.24) is 28.9 Å². The average molecular weight is 444 g/mol. The van der Waals surface area contributed by atoms with Crippen LogP contribution in [0.5, 0.6) is 0 Å². The van der Waals surface area contributed by atoms with Gasteiger partial charge in [0.15, 0.2) is 17.5 Å². The molecule has 2 heterocycles. The molecule has 0 aliphatic rings. The van der Waals surface area contributed by atoms with Crippen LogP contribution in [-0.2, 0) is 30.0 Å². The molecule has 0 aliphatic carbocycles. The van der Waals surface area contributed by atoms with Crippen LogP contribution in [0.3, 0.4) is 0 Å². The molecular weight excluding hydrogens is 429 g/mol. The van der Waals surface area contributed by atoms with Crippen molar-refractivity contribution in [1.29, 1.82) is 0 Å². The van der Waals surface area contributed by atoms with E-state index in [0.29, 0.717) is 15.2 Å². The zero-order valence-electron chi connectivity index (χ0n) is 15.7. The second kappa shape index (κ2) is 7.85. The Bertz CT molecular complexity index is 1350. The first-order chi connectivity index (χ1) is 14.0. The molecule has 0 N–H and O–H groups in total. The van der Waals surface area contributed by atoms with E-state index in [0.717, 1.165) is 0 Å². The van der Waals surface area contributed by atoms with E-state index in [9.17, 15) is 31.2 Å². The summed E-state index contributed by atoms with van der Waals surface area (Å²) in [6.07, 6.45) is 1.32. The summed E-state index contributed by atoms with van der Waals surface area (Å²) in [6, 6.07) is 0.764. The van der Waals surface area contributed by atoms with Crippen molar-refractivity contribution in [3.05, 3.63) is 68.3 Å². The lowest BCUT2D eigenvalue weighted by molar-refractivity contribution is 0.470. The Balaban J connectivity index is 2.22. The Morgan fingerprint density at radius 3 is 2.27 bits per heavy atom. The summed E-state index contributed by atoms with van der Waals surface area (Å²) in [5.41, 5.74) is -2.84. The molecule has 0 amide bonds. The van der Waals surface area contributed by atoms with E-state index in [1.807, 2.05) is 0 Å². The first kappa shape index (κ1) is 21.4. The van der Waals surface area contributed by atoms with Gasteiger partial charge in [0.25, 0.3) is 0 Å². The van der Waals surface area contributed by atoms with Gasteiger partial charge in [0.2, 0.25) is 15.0 Å². The van der Waals surface area contributed by atoms with Crippen LogP contribution in [-0.4, -0.2) is 43.1 Å². The van der Waals surface area contributed by atoms with Gasteiger partial charge in [0.05, 0.1) is 18.8 Å². The Kier molecular flexibility index (Phi) is 5.61. The molecule has 0 unspecified atom stereocenters. The highest BCUT2D eigenvalue weighted by Gasteiger charge is 2.25. The van der Waals surface area contributed by atoms with E-state index >= 15 is 0 Å². The van der Waals surface area contributed by atoms with Gasteiger partial charge in [-0.15, -0.1) is 0 Å². The molecule has 3 aromatic rings. The molecule has 0 saturated heterocycles. The van der Waals surface area contributed by atoms with Crippen LogP contribution in [0.15, 0.2) is 33.2 Å². The summed E-state index contributed by atoms with van der Waals surface area (Å²) in [7, 11) is -2.64. The van der Waals surface area contributed by atoms with Crippen molar-refractivity contribution in [3.63, 3.8) is 0 Å². The van der Waals surface area contributed by atoms with E-state index in [1.165, 1.54) is 17.9 Å². The minimum Gasteiger partial charge on any atom is -0.264 e. The van der Waals surface area contributed by atoms with E-state index in [-0.39, 0.29) is 11.9 Å². The summed E-state index contributed by atoms with van der Waals surface area (Å²) < 4.78 is 68.0. The average Bonchev–Trinajstić information content (AvgIpc) is 3.09. The first-order valence-electron chi connectivity index (χ1n) is 8.46. The summed E-state index contributed by atoms with van der Waals surface area (Å²) in [5, 5.41) is 3.02. The highest BCUT2D eigenvalue weighted by atomic mass is 32.2. The number of hydrogen-bond acceptors (Lipinski definition) is 7. The molecule has 3 rings (SSSR count). The third kappa shape index (κ3) is 4.03. The molecule has 2 aromatic heterocycles. The van der Waals surface area contributed by atoms with Crippen LogP contribution >= 0.6 is 0 Å². The fraction of sp³-hybridized carbons (Fsp3) is 0.312. The highest BCUT2D eigenvalue weighted by molar-refractivity contribution is 7.91. The van der Waals surface area contributed by atoms with Gasteiger partial charge >= 0.3 is 11.4 Å². The number of rotatable bonds is 6. The topological polar surface area (TPSA) is 122 Å². The lowest BCUT2D eigenvalue weighted by Crippen LogP contribution is -2.45. The maximum Gasteiger partial charge on any atom is 0.354 e. The number of nitrogens with zero attached hydrogens (tertiary/aromatic N) is 6. The largest absolute Gasteiger partial charge is 0.354 e. The zero-order valence-corrected chi connectivity index (χ0v) is 16.5. The zero-order chi connectivity index (χ0) is 22.2. The SMILES string of the molecule is CCS(=O)(=O)c1nc(=O)n(Cc2ncn(C)n2)c(=O)n1Cc1cc(F)c(F)cc1F. The molecule has 0 radical (unpaired) electrons. The molecule has 1 aromatic carbocycles. The Hall–Kier alpha value is -3.29. The molecule has 14 heteroatoms. The van der Waals surface area contributed by atoms with Crippen LogP contribution in [0.1, 0.15) is 18.3 Å². The van der Waals surface area contributed by atoms with Crippen LogP contribution in [0.4, 0.5) is 13.2 Å². The molecule has 0 atom stereocenters. The Morgan fingerprint density at radius 1 is 1.00 bits per heavy atom. The van der Waals surface area contributed by atoms with Crippen molar-refractivity contribution in [2.24, 2.45) is 7.05 Å². The monoisotopic (exact) mass is 444 g/mol. The number of hydrogen-bond donors (Lipinski definition) is 0. The van der Waals surface area contributed by atoms with Gasteiger partial charge in [-0.2, -0.15) is 10.1 Å². The first-order valence-corrected chi connectivity index (χ1v) is 10.1. The minimum absolute atomic E-state index is 0.0650. The lowest BCUT2D eigenvalue weighted by Gasteiger charge is -2.14. The molecular formula is C16H15F3N6O4S. The quantitative estimate of drug-likeness (QED) is 0.484. The molecule has 30 heavy (non-hydrogen) atoms. The van der Waals surface area contributed by atoms with Crippen molar-refractivity contribution in [3.8, 4) is 0 Å². The van der Waals surface area contributed by atoms with Crippen LogP contribution in [0, 0.1) is 17.5 Å². The summed E-state index contributed by atoms with van der Waals surface area (Å²) in [5.74, 6) is -4.49. The molecule has 10 nitrogen and oxygen atoms in total. The van der Waals surface area contributed by atoms with Gasteiger partial charge in [-0.05, 0) is 6.07 Å². The summed E-state index contributed by atoms with van der Waals surface area (Å²) in [4.78, 5) is 32.6. The van der Waals surface area contributed by atoms with Crippen LogP contribution < -0.4 is 11.4 Å². The van der Waals surface area contributed by atoms with Gasteiger partial charge in [-0.1, -0.05) is 6.92 Å². The van der Waals surface area contributed by atoms with E-state index in [2.05, 4.69) is 15.1 Å². The number of aromatic nitrogens is 6. The third-order valence-electron chi connectivity index (χ3n) is 4.14. The van der Waals surface area contributed by atoms with Gasteiger partial charge < -0.3 is 0 Å². The van der Waals surface area contributed by atoms with Crippen LogP contribution in [0.25, 0.3) is 0 Å². The minimum atomic E-state index is -4.20. The number of aryl methyl sites for hydroxylation is 1. The lowest BCUT2D eigenvalue weighted by atomic mass is 10.2. The van der Waals surface area contributed by atoms with Crippen molar-refractivity contribution in [2.75, 3.05) is 5.75 Å². The van der Waals surface area contributed by atoms with Gasteiger partial charge in [0.1, 0.15) is 12.1 Å². The second-order valence-corrected chi connectivity index (χ2v) is 8.40. The Morgan fingerprint density at radius 2 is 1.67 bits per heavy atom. The highest BCUT2D eigenvalue weighted by Crippen LogP contribution is 2.16. The van der Waals surface area contributed by atoms with Gasteiger partial charge in [-0.3, -0.25) is 9.25 Å². The summed E-state index contributed by atoms with van der Waals surface area (Å²) >= 11 is 0. The third-order valence-corrected chi connectivity index (χ3v) is 5.77. The molecule has 0 bridgehead atoms. The van der Waals surface area contributed by atoms with E-state index in [1.54, 1.807) is 7.05 Å². The Labute approximate surface area is 167 Å². The standard InChI is InChI=1S/C16H15F3N6O4S/c1-3-30(28,29)15-21-14(26)24(7-13-20-8-23(2)22-13)16(27)25(15)6-9-4-11(18)12(19)5-10(9)17/h4-5,8H,3,6-7H2,1-2H3. The molecule has 0 spiro atoms. The fourth-order valence-electron chi connectivity index (χ4n) is 2.60. The molecule has 0 saturated carbocycles. The number of sulfone groups is 1. The van der Waals surface area contributed by atoms with Crippen molar-refractivity contribution in [2.45, 2.75) is 25.2 Å². The fourth-order valence-corrected chi connectivity index (χ4v) is 3.56. The predicted octanol–water partition coefficient (Wildman–Crippen LogP) is -0.159. The number of benzene rings is 1. The van der Waals surface area contributed by atoms with Gasteiger partial charge in [-0.25, -0.2) is 40.7 Å². The van der Waals surface area contributed by atoms with Crippen molar-refractivity contribution < 1.29 is 21.6 Å². The predicted molar refractivity (Wildman–Crippen MR) is 96.0 cm³/mol. The second-order valence-electron chi connectivity index (χ2n) is 6.23. The van der Waals surface area contributed by atoms with Crippen molar-refractivity contribution >= 4 is 9.84 Å². The maximum atomic E-state index is 14.1. The molecule has 0 aliphatic heterocycles. The van der Waals surface area contributed by atoms with E-state index < -0.39 is 68.2 Å². The van der Waals surface area contributed by atoms with Crippen LogP contribution in [0.2, 0.25) is 0 Å². The molecule has 0 fully saturated rings.